The Labute approximate surface area is 120 Å². The molecule has 0 bridgehead atoms. The van der Waals surface area contributed by atoms with Crippen LogP contribution in [-0.4, -0.2) is 39.8 Å². The molecule has 1 aliphatic carbocycles. The zero-order valence-electron chi connectivity index (χ0n) is 12.0. The minimum atomic E-state index is -0.404. The van der Waals surface area contributed by atoms with Gasteiger partial charge in [0.2, 0.25) is 0 Å². The molecule has 20 heavy (non-hydrogen) atoms. The number of fused-ring (bicyclic) bond motifs is 1. The van der Waals surface area contributed by atoms with Crippen LogP contribution < -0.4 is 5.56 Å². The van der Waals surface area contributed by atoms with Crippen molar-refractivity contribution in [3.63, 3.8) is 0 Å². The van der Waals surface area contributed by atoms with Gasteiger partial charge in [0.15, 0.2) is 0 Å². The van der Waals surface area contributed by atoms with Crippen LogP contribution >= 0.6 is 0 Å². The minimum absolute atomic E-state index is 0.0682. The second-order valence-electron chi connectivity index (χ2n) is 6.33. The van der Waals surface area contributed by atoms with Crippen LogP contribution in [0.2, 0.25) is 0 Å². The number of likely N-dealkylation sites (tertiary alicyclic amines) is 1. The number of pyridine rings is 1. The first-order valence-corrected chi connectivity index (χ1v) is 7.78. The van der Waals surface area contributed by atoms with Crippen molar-refractivity contribution in [2.24, 2.45) is 5.92 Å². The second kappa shape index (κ2) is 5.70. The number of aromatic nitrogens is 1. The van der Waals surface area contributed by atoms with Gasteiger partial charge in [0.25, 0.3) is 5.56 Å². The van der Waals surface area contributed by atoms with Gasteiger partial charge in [-0.25, -0.2) is 0 Å². The van der Waals surface area contributed by atoms with E-state index in [1.54, 1.807) is 16.7 Å². The van der Waals surface area contributed by atoms with E-state index < -0.39 is 5.60 Å². The topological polar surface area (TPSA) is 45.5 Å². The van der Waals surface area contributed by atoms with E-state index in [-0.39, 0.29) is 5.56 Å². The normalized spacial score (nSPS) is 30.9. The van der Waals surface area contributed by atoms with Gasteiger partial charge in [0.05, 0.1) is 5.60 Å². The third-order valence-corrected chi connectivity index (χ3v) is 5.07. The fraction of sp³-hybridized carbons (Fsp3) is 0.688. The molecule has 3 rings (SSSR count). The number of piperidine rings is 1. The third-order valence-electron chi connectivity index (χ3n) is 5.07. The van der Waals surface area contributed by atoms with Crippen LogP contribution in [0.4, 0.5) is 0 Å². The Hall–Kier alpha value is -1.13. The van der Waals surface area contributed by atoms with E-state index in [4.69, 9.17) is 0 Å². The van der Waals surface area contributed by atoms with E-state index in [0.717, 1.165) is 45.4 Å². The Kier molecular flexibility index (Phi) is 3.94. The molecule has 1 N–H and O–H groups in total. The highest BCUT2D eigenvalue weighted by Crippen LogP contribution is 2.39. The molecule has 2 unspecified atom stereocenters. The molecule has 110 valence electrons. The molecule has 0 amide bonds. The maximum Gasteiger partial charge on any atom is 0.250 e. The highest BCUT2D eigenvalue weighted by atomic mass is 16.3. The van der Waals surface area contributed by atoms with Crippen LogP contribution in [0.5, 0.6) is 0 Å². The van der Waals surface area contributed by atoms with Crippen molar-refractivity contribution in [3.8, 4) is 0 Å². The van der Waals surface area contributed by atoms with Crippen molar-refractivity contribution in [1.29, 1.82) is 0 Å². The molecule has 0 radical (unpaired) electrons. The van der Waals surface area contributed by atoms with Crippen LogP contribution in [0, 0.1) is 5.92 Å². The van der Waals surface area contributed by atoms with Gasteiger partial charge in [-0.3, -0.25) is 4.79 Å². The van der Waals surface area contributed by atoms with Crippen molar-refractivity contribution in [3.05, 3.63) is 34.7 Å². The lowest BCUT2D eigenvalue weighted by Crippen LogP contribution is -2.53. The van der Waals surface area contributed by atoms with E-state index in [1.807, 2.05) is 12.3 Å². The van der Waals surface area contributed by atoms with Crippen molar-refractivity contribution in [2.45, 2.75) is 44.2 Å². The number of rotatable bonds is 3. The highest BCUT2D eigenvalue weighted by molar-refractivity contribution is 4.96. The van der Waals surface area contributed by atoms with Crippen molar-refractivity contribution in [2.75, 3.05) is 19.6 Å². The Bertz CT molecular complexity index is 513. The molecule has 2 heterocycles. The van der Waals surface area contributed by atoms with E-state index >= 15 is 0 Å². The SMILES string of the molecule is O=c1ccccn1CCN1CCC2(O)CCCCC2C1. The van der Waals surface area contributed by atoms with Crippen molar-refractivity contribution >= 4 is 0 Å². The molecular weight excluding hydrogens is 252 g/mol. The highest BCUT2D eigenvalue weighted by Gasteiger charge is 2.42. The molecule has 1 saturated carbocycles. The summed E-state index contributed by atoms with van der Waals surface area (Å²) in [5.41, 5.74) is -0.336. The van der Waals surface area contributed by atoms with Crippen LogP contribution in [0.3, 0.4) is 0 Å². The van der Waals surface area contributed by atoms with Gasteiger partial charge >= 0.3 is 0 Å². The smallest absolute Gasteiger partial charge is 0.250 e. The van der Waals surface area contributed by atoms with Crippen LogP contribution in [-0.2, 0) is 6.54 Å². The Morgan fingerprint density at radius 3 is 3.00 bits per heavy atom. The van der Waals surface area contributed by atoms with E-state index in [1.165, 1.54) is 12.8 Å². The molecule has 2 fully saturated rings. The molecule has 0 spiro atoms. The van der Waals surface area contributed by atoms with Crippen LogP contribution in [0.15, 0.2) is 29.2 Å². The van der Waals surface area contributed by atoms with Crippen molar-refractivity contribution in [1.82, 2.24) is 9.47 Å². The quantitative estimate of drug-likeness (QED) is 0.909. The average Bonchev–Trinajstić information content (AvgIpc) is 2.46. The van der Waals surface area contributed by atoms with Gasteiger partial charge in [-0.2, -0.15) is 0 Å². The minimum Gasteiger partial charge on any atom is -0.390 e. The third kappa shape index (κ3) is 2.81. The number of aliphatic hydroxyl groups is 1. The molecule has 0 aromatic carbocycles. The molecule has 4 heteroatoms. The van der Waals surface area contributed by atoms with Crippen LogP contribution in [0.1, 0.15) is 32.1 Å². The first kappa shape index (κ1) is 13.8. The van der Waals surface area contributed by atoms with Crippen LogP contribution in [0.25, 0.3) is 0 Å². The van der Waals surface area contributed by atoms with Gasteiger partial charge in [0.1, 0.15) is 0 Å². The molecule has 2 atom stereocenters. The lowest BCUT2D eigenvalue weighted by Gasteiger charge is -2.47. The molecule has 2 aliphatic rings. The fourth-order valence-corrected chi connectivity index (χ4v) is 3.74. The molecule has 4 nitrogen and oxygen atoms in total. The molecular formula is C16H24N2O2. The number of nitrogens with zero attached hydrogens (tertiary/aromatic N) is 2. The standard InChI is InChI=1S/C16H24N2O2/c19-15-6-2-4-9-18(15)12-11-17-10-8-16(20)7-3-1-5-14(16)13-17/h2,4,6,9,14,20H,1,3,5,7-8,10-13H2. The molecule has 1 saturated heterocycles. The fourth-order valence-electron chi connectivity index (χ4n) is 3.74. The Morgan fingerprint density at radius 1 is 1.25 bits per heavy atom. The first-order chi connectivity index (χ1) is 9.67. The maximum absolute atomic E-state index is 11.7. The first-order valence-electron chi connectivity index (χ1n) is 7.78. The Morgan fingerprint density at radius 2 is 2.15 bits per heavy atom. The van der Waals surface area contributed by atoms with Gasteiger partial charge in [-0.15, -0.1) is 0 Å². The summed E-state index contributed by atoms with van der Waals surface area (Å²) in [5, 5.41) is 10.7. The summed E-state index contributed by atoms with van der Waals surface area (Å²) in [5.74, 6) is 0.428. The number of hydrogen-bond acceptors (Lipinski definition) is 3. The summed E-state index contributed by atoms with van der Waals surface area (Å²) in [6, 6.07) is 5.29. The summed E-state index contributed by atoms with van der Waals surface area (Å²) in [6.07, 6.45) is 7.29. The monoisotopic (exact) mass is 276 g/mol. The van der Waals surface area contributed by atoms with Gasteiger partial charge in [0, 0.05) is 44.4 Å². The predicted molar refractivity (Wildman–Crippen MR) is 78.7 cm³/mol. The van der Waals surface area contributed by atoms with Gasteiger partial charge < -0.3 is 14.6 Å². The summed E-state index contributed by atoms with van der Waals surface area (Å²) in [6.45, 7) is 3.58. The maximum atomic E-state index is 11.7. The lowest BCUT2D eigenvalue weighted by molar-refractivity contribution is -0.0955. The predicted octanol–water partition coefficient (Wildman–Crippen LogP) is 1.48. The molecule has 1 aromatic heterocycles. The summed E-state index contributed by atoms with van der Waals surface area (Å²) < 4.78 is 1.77. The lowest BCUT2D eigenvalue weighted by atomic mass is 9.71. The van der Waals surface area contributed by atoms with E-state index in [0.29, 0.717) is 5.92 Å². The zero-order chi connectivity index (χ0) is 14.0. The second-order valence-corrected chi connectivity index (χ2v) is 6.33. The summed E-state index contributed by atoms with van der Waals surface area (Å²) >= 11 is 0. The van der Waals surface area contributed by atoms with Gasteiger partial charge in [-0.1, -0.05) is 18.9 Å². The number of hydrogen-bond donors (Lipinski definition) is 1. The molecule has 1 aromatic rings. The Balaban J connectivity index is 1.57. The summed E-state index contributed by atoms with van der Waals surface area (Å²) in [7, 11) is 0. The zero-order valence-corrected chi connectivity index (χ0v) is 12.0. The molecule has 1 aliphatic heterocycles. The van der Waals surface area contributed by atoms with Gasteiger partial charge in [-0.05, 0) is 25.3 Å². The van der Waals surface area contributed by atoms with E-state index in [9.17, 15) is 9.90 Å². The van der Waals surface area contributed by atoms with E-state index in [2.05, 4.69) is 4.90 Å². The largest absolute Gasteiger partial charge is 0.390 e. The average molecular weight is 276 g/mol. The van der Waals surface area contributed by atoms with Crippen molar-refractivity contribution < 1.29 is 5.11 Å². The summed E-state index contributed by atoms with van der Waals surface area (Å²) in [4.78, 5) is 14.1.